The van der Waals surface area contributed by atoms with E-state index >= 15 is 0 Å². The van der Waals surface area contributed by atoms with Crippen molar-refractivity contribution in [2.45, 2.75) is 20.4 Å². The summed E-state index contributed by atoms with van der Waals surface area (Å²) in [6.45, 7) is 4.52. The molecule has 0 bridgehead atoms. The van der Waals surface area contributed by atoms with Gasteiger partial charge in [0.25, 0.3) is 11.6 Å². The number of aromatic nitrogens is 1. The van der Waals surface area contributed by atoms with Crippen molar-refractivity contribution in [3.63, 3.8) is 0 Å². The molecule has 3 aromatic rings. The molecule has 0 atom stereocenters. The summed E-state index contributed by atoms with van der Waals surface area (Å²) in [6, 6.07) is 11.3. The molecular formula is C19H15Cl2N3O3S. The number of amides is 1. The van der Waals surface area contributed by atoms with E-state index in [2.05, 4.69) is 4.99 Å². The van der Waals surface area contributed by atoms with Crippen LogP contribution in [0.1, 0.15) is 22.2 Å². The van der Waals surface area contributed by atoms with E-state index < -0.39 is 10.8 Å². The van der Waals surface area contributed by atoms with Gasteiger partial charge >= 0.3 is 0 Å². The number of nitrogens with zero attached hydrogens (tertiary/aromatic N) is 3. The van der Waals surface area contributed by atoms with E-state index in [1.165, 1.54) is 23.5 Å². The number of halogens is 2. The number of nitro benzene ring substituents is 1. The Morgan fingerprint density at radius 2 is 1.89 bits per heavy atom. The highest BCUT2D eigenvalue weighted by Crippen LogP contribution is 2.27. The normalized spacial score (nSPS) is 11.6. The number of carbonyl (C=O) groups excluding carboxylic acids is 1. The predicted octanol–water partition coefficient (Wildman–Crippen LogP) is 5.50. The molecule has 0 aliphatic heterocycles. The Morgan fingerprint density at radius 1 is 1.21 bits per heavy atom. The maximum atomic E-state index is 12.6. The quantitative estimate of drug-likeness (QED) is 0.400. The van der Waals surface area contributed by atoms with Gasteiger partial charge in [-0.1, -0.05) is 35.3 Å². The fraction of sp³-hybridized carbons (Fsp3) is 0.158. The minimum absolute atomic E-state index is 0.0258. The first-order valence-electron chi connectivity index (χ1n) is 8.31. The Kier molecular flexibility index (Phi) is 5.98. The molecule has 0 N–H and O–H groups in total. The SMILES string of the molecule is CCn1c(-c2ccc(Cl)cc2)c(C)sc1=NC(=O)c1ccc(Cl)c([N+](=O)[O-])c1. The molecule has 9 heteroatoms. The van der Waals surface area contributed by atoms with Gasteiger partial charge in [0.1, 0.15) is 5.02 Å². The maximum absolute atomic E-state index is 12.6. The van der Waals surface area contributed by atoms with E-state index in [-0.39, 0.29) is 16.3 Å². The van der Waals surface area contributed by atoms with Crippen LogP contribution in [0.25, 0.3) is 11.3 Å². The van der Waals surface area contributed by atoms with E-state index in [0.29, 0.717) is 16.4 Å². The summed E-state index contributed by atoms with van der Waals surface area (Å²) in [4.78, 5) is 28.8. The topological polar surface area (TPSA) is 77.5 Å². The number of hydrogen-bond acceptors (Lipinski definition) is 4. The Labute approximate surface area is 174 Å². The van der Waals surface area contributed by atoms with Gasteiger partial charge in [-0.2, -0.15) is 4.99 Å². The summed E-state index contributed by atoms with van der Waals surface area (Å²) in [7, 11) is 0. The lowest BCUT2D eigenvalue weighted by Gasteiger charge is -2.07. The molecule has 0 unspecified atom stereocenters. The third-order valence-electron chi connectivity index (χ3n) is 4.10. The van der Waals surface area contributed by atoms with Gasteiger partial charge < -0.3 is 4.57 Å². The smallest absolute Gasteiger partial charge is 0.288 e. The van der Waals surface area contributed by atoms with Crippen molar-refractivity contribution in [1.82, 2.24) is 4.57 Å². The Hall–Kier alpha value is -2.48. The van der Waals surface area contributed by atoms with E-state index in [1.807, 2.05) is 42.7 Å². The second-order valence-corrected chi connectivity index (χ2v) is 7.91. The molecule has 2 aromatic carbocycles. The summed E-state index contributed by atoms with van der Waals surface area (Å²) in [5, 5.41) is 11.7. The Morgan fingerprint density at radius 3 is 2.50 bits per heavy atom. The van der Waals surface area contributed by atoms with Crippen LogP contribution in [0, 0.1) is 17.0 Å². The van der Waals surface area contributed by atoms with Gasteiger partial charge in [-0.05, 0) is 43.7 Å². The molecular weight excluding hydrogens is 421 g/mol. The van der Waals surface area contributed by atoms with Crippen molar-refractivity contribution >= 4 is 46.1 Å². The number of carbonyl (C=O) groups is 1. The van der Waals surface area contributed by atoms with Crippen LogP contribution in [-0.2, 0) is 6.54 Å². The van der Waals surface area contributed by atoms with Crippen LogP contribution in [0.2, 0.25) is 10.0 Å². The molecule has 3 rings (SSSR count). The first-order valence-corrected chi connectivity index (χ1v) is 9.88. The van der Waals surface area contributed by atoms with Gasteiger partial charge in [0, 0.05) is 28.1 Å². The van der Waals surface area contributed by atoms with E-state index in [4.69, 9.17) is 23.2 Å². The zero-order valence-corrected chi connectivity index (χ0v) is 17.3. The van der Waals surface area contributed by atoms with Crippen LogP contribution in [0.4, 0.5) is 5.69 Å². The number of nitro groups is 1. The molecule has 0 saturated heterocycles. The number of hydrogen-bond donors (Lipinski definition) is 0. The third-order valence-corrected chi connectivity index (χ3v) is 5.66. The predicted molar refractivity (Wildman–Crippen MR) is 111 cm³/mol. The highest BCUT2D eigenvalue weighted by Gasteiger charge is 2.17. The Balaban J connectivity index is 2.09. The molecule has 0 saturated carbocycles. The monoisotopic (exact) mass is 435 g/mol. The second kappa shape index (κ2) is 8.26. The first kappa shape index (κ1) is 20.3. The first-order chi connectivity index (χ1) is 13.3. The van der Waals surface area contributed by atoms with Gasteiger partial charge in [0.2, 0.25) is 0 Å². The third kappa shape index (κ3) is 4.01. The van der Waals surface area contributed by atoms with Gasteiger partial charge in [0.05, 0.1) is 10.6 Å². The van der Waals surface area contributed by atoms with Crippen LogP contribution in [0.15, 0.2) is 47.5 Å². The van der Waals surface area contributed by atoms with Crippen LogP contribution >= 0.6 is 34.5 Å². The average Bonchev–Trinajstić information content (AvgIpc) is 2.97. The van der Waals surface area contributed by atoms with Crippen molar-refractivity contribution < 1.29 is 9.72 Å². The van der Waals surface area contributed by atoms with Gasteiger partial charge in [-0.25, -0.2) is 0 Å². The molecule has 0 spiro atoms. The summed E-state index contributed by atoms with van der Waals surface area (Å²) in [5.74, 6) is -0.564. The molecule has 1 aromatic heterocycles. The Bertz CT molecular complexity index is 1130. The molecule has 0 fully saturated rings. The lowest BCUT2D eigenvalue weighted by atomic mass is 10.1. The summed E-state index contributed by atoms with van der Waals surface area (Å²) in [5.41, 5.74) is 1.71. The van der Waals surface area contributed by atoms with Gasteiger partial charge in [-0.15, -0.1) is 11.3 Å². The summed E-state index contributed by atoms with van der Waals surface area (Å²) >= 11 is 13.2. The van der Waals surface area contributed by atoms with Crippen molar-refractivity contribution in [3.8, 4) is 11.3 Å². The van der Waals surface area contributed by atoms with Crippen molar-refractivity contribution in [1.29, 1.82) is 0 Å². The lowest BCUT2D eigenvalue weighted by Crippen LogP contribution is -2.17. The largest absolute Gasteiger partial charge is 0.316 e. The highest BCUT2D eigenvalue weighted by atomic mass is 35.5. The number of rotatable bonds is 4. The number of thiazole rings is 1. The van der Waals surface area contributed by atoms with Crippen LogP contribution in [0.5, 0.6) is 0 Å². The molecule has 28 heavy (non-hydrogen) atoms. The van der Waals surface area contributed by atoms with Gasteiger partial charge in [0.15, 0.2) is 4.80 Å². The molecule has 144 valence electrons. The molecule has 0 aliphatic rings. The lowest BCUT2D eigenvalue weighted by molar-refractivity contribution is -0.384. The second-order valence-electron chi connectivity index (χ2n) is 5.88. The van der Waals surface area contributed by atoms with E-state index in [1.54, 1.807) is 0 Å². The van der Waals surface area contributed by atoms with Crippen LogP contribution in [-0.4, -0.2) is 15.4 Å². The maximum Gasteiger partial charge on any atom is 0.288 e. The van der Waals surface area contributed by atoms with Crippen molar-refractivity contribution in [2.75, 3.05) is 0 Å². The van der Waals surface area contributed by atoms with E-state index in [9.17, 15) is 14.9 Å². The summed E-state index contributed by atoms with van der Waals surface area (Å²) < 4.78 is 1.94. The molecule has 0 radical (unpaired) electrons. The zero-order valence-electron chi connectivity index (χ0n) is 15.0. The number of aryl methyl sites for hydroxylation is 1. The zero-order chi connectivity index (χ0) is 20.4. The average molecular weight is 436 g/mol. The van der Waals surface area contributed by atoms with Gasteiger partial charge in [-0.3, -0.25) is 14.9 Å². The molecule has 0 aliphatic carbocycles. The molecule has 6 nitrogen and oxygen atoms in total. The molecule has 1 amide bonds. The van der Waals surface area contributed by atoms with Crippen LogP contribution in [0.3, 0.4) is 0 Å². The molecule has 1 heterocycles. The van der Waals surface area contributed by atoms with Crippen molar-refractivity contribution in [3.05, 3.63) is 77.9 Å². The standard InChI is InChI=1S/C19H15Cl2N3O3S/c1-3-23-17(12-4-7-14(20)8-5-12)11(2)28-19(23)22-18(25)13-6-9-15(21)16(10-13)24(26)27/h4-10H,3H2,1-2H3. The fourth-order valence-electron chi connectivity index (χ4n) is 2.81. The minimum Gasteiger partial charge on any atom is -0.316 e. The summed E-state index contributed by atoms with van der Waals surface area (Å²) in [6.07, 6.45) is 0. The number of benzene rings is 2. The highest BCUT2D eigenvalue weighted by molar-refractivity contribution is 7.09. The minimum atomic E-state index is -0.626. The fourth-order valence-corrected chi connectivity index (χ4v) is 4.18. The van der Waals surface area contributed by atoms with Crippen LogP contribution < -0.4 is 4.80 Å². The van der Waals surface area contributed by atoms with E-state index in [0.717, 1.165) is 22.2 Å². The van der Waals surface area contributed by atoms with Crippen molar-refractivity contribution in [2.24, 2.45) is 4.99 Å².